The number of hydrogen-bond donors (Lipinski definition) is 3. The molecule has 3 N–H and O–H groups in total. The molecule has 1 amide bonds. The quantitative estimate of drug-likeness (QED) is 0.582. The van der Waals surface area contributed by atoms with E-state index in [0.29, 0.717) is 18.0 Å². The van der Waals surface area contributed by atoms with Gasteiger partial charge >= 0.3 is 0 Å². The minimum Gasteiger partial charge on any atom is -0.504 e. The molecule has 0 heterocycles. The van der Waals surface area contributed by atoms with Gasteiger partial charge in [0.15, 0.2) is 11.5 Å². The lowest BCUT2D eigenvalue weighted by Crippen LogP contribution is -2.31. The number of amides is 1. The molecule has 0 aromatic heterocycles. The van der Waals surface area contributed by atoms with Crippen molar-refractivity contribution in [1.82, 2.24) is 5.32 Å². The molecular weight excluding hydrogens is 254 g/mol. The fourth-order valence-corrected chi connectivity index (χ4v) is 2.58. The van der Waals surface area contributed by atoms with Crippen LogP contribution in [0.1, 0.15) is 29.6 Å². The van der Waals surface area contributed by atoms with Gasteiger partial charge in [0.05, 0.1) is 0 Å². The highest BCUT2D eigenvalue weighted by Crippen LogP contribution is 2.29. The first-order chi connectivity index (χ1) is 8.58. The Kier molecular flexibility index (Phi) is 3.97. The van der Waals surface area contributed by atoms with E-state index in [-0.39, 0.29) is 22.8 Å². The molecule has 2 atom stereocenters. The van der Waals surface area contributed by atoms with Gasteiger partial charge in [-0.3, -0.25) is 4.79 Å². The van der Waals surface area contributed by atoms with Crippen LogP contribution in [0, 0.1) is 5.92 Å². The van der Waals surface area contributed by atoms with Crippen molar-refractivity contribution in [1.29, 1.82) is 0 Å². The van der Waals surface area contributed by atoms with E-state index in [2.05, 4.69) is 5.32 Å². The van der Waals surface area contributed by atoms with Gasteiger partial charge in [-0.2, -0.15) is 0 Å². The van der Waals surface area contributed by atoms with Crippen molar-refractivity contribution in [2.45, 2.75) is 24.6 Å². The summed E-state index contributed by atoms with van der Waals surface area (Å²) in [6.07, 6.45) is 3.14. The summed E-state index contributed by atoms with van der Waals surface area (Å²) in [5, 5.41) is 21.4. The Morgan fingerprint density at radius 2 is 2.11 bits per heavy atom. The maximum absolute atomic E-state index is 11.8. The number of benzene rings is 1. The number of rotatable bonds is 3. The maximum atomic E-state index is 11.8. The predicted octanol–water partition coefficient (Wildman–Crippen LogP) is 2.24. The third kappa shape index (κ3) is 2.88. The van der Waals surface area contributed by atoms with Crippen molar-refractivity contribution in [3.8, 4) is 11.5 Å². The number of phenolic OH excluding ortho intramolecular Hbond substituents is 2. The van der Waals surface area contributed by atoms with Crippen LogP contribution >= 0.6 is 11.6 Å². The van der Waals surface area contributed by atoms with Gasteiger partial charge in [-0.05, 0) is 37.0 Å². The molecule has 98 valence electrons. The van der Waals surface area contributed by atoms with Gasteiger partial charge in [0.1, 0.15) is 0 Å². The van der Waals surface area contributed by atoms with Crippen LogP contribution in [0.4, 0.5) is 0 Å². The molecule has 2 unspecified atom stereocenters. The van der Waals surface area contributed by atoms with Gasteiger partial charge in [-0.15, -0.1) is 11.6 Å². The second-order valence-corrected chi connectivity index (χ2v) is 5.18. The van der Waals surface area contributed by atoms with Crippen molar-refractivity contribution in [2.75, 3.05) is 6.54 Å². The number of phenols is 2. The second-order valence-electron chi connectivity index (χ2n) is 4.62. The summed E-state index contributed by atoms with van der Waals surface area (Å²) in [6.45, 7) is 0.550. The average molecular weight is 270 g/mol. The van der Waals surface area contributed by atoms with Gasteiger partial charge < -0.3 is 15.5 Å². The second kappa shape index (κ2) is 5.48. The van der Waals surface area contributed by atoms with Gasteiger partial charge in [0, 0.05) is 17.5 Å². The first-order valence-electron chi connectivity index (χ1n) is 6.02. The molecule has 1 aliphatic rings. The maximum Gasteiger partial charge on any atom is 0.251 e. The molecule has 1 aromatic rings. The fourth-order valence-electron chi connectivity index (χ4n) is 2.21. The van der Waals surface area contributed by atoms with E-state index < -0.39 is 0 Å². The van der Waals surface area contributed by atoms with Crippen LogP contribution in [0.15, 0.2) is 18.2 Å². The van der Waals surface area contributed by atoms with Crippen LogP contribution in [-0.4, -0.2) is 28.0 Å². The Morgan fingerprint density at radius 3 is 2.72 bits per heavy atom. The molecule has 1 aromatic carbocycles. The Morgan fingerprint density at radius 1 is 1.33 bits per heavy atom. The van der Waals surface area contributed by atoms with Crippen LogP contribution < -0.4 is 5.32 Å². The number of hydrogen-bond acceptors (Lipinski definition) is 3. The zero-order valence-electron chi connectivity index (χ0n) is 9.90. The first kappa shape index (κ1) is 13.0. The van der Waals surface area contributed by atoms with Gasteiger partial charge in [0.2, 0.25) is 0 Å². The standard InChI is InChI=1S/C13H16ClNO3/c14-10-3-1-2-9(10)7-15-13(18)8-4-5-11(16)12(17)6-8/h4-6,9-10,16-17H,1-3,7H2,(H,15,18). The molecule has 1 aliphatic carbocycles. The van der Waals surface area contributed by atoms with E-state index in [1.807, 2.05) is 0 Å². The molecule has 0 spiro atoms. The van der Waals surface area contributed by atoms with E-state index in [4.69, 9.17) is 16.7 Å². The lowest BCUT2D eigenvalue weighted by molar-refractivity contribution is 0.0947. The number of carbonyl (C=O) groups is 1. The summed E-state index contributed by atoms with van der Waals surface area (Å²) < 4.78 is 0. The summed E-state index contributed by atoms with van der Waals surface area (Å²) in [4.78, 5) is 11.8. The number of nitrogens with one attached hydrogen (secondary N) is 1. The SMILES string of the molecule is O=C(NCC1CCCC1Cl)c1ccc(O)c(O)c1. The summed E-state index contributed by atoms with van der Waals surface area (Å²) in [5.74, 6) is -0.468. The Labute approximate surface area is 111 Å². The zero-order chi connectivity index (χ0) is 13.1. The van der Waals surface area contributed by atoms with Crippen molar-refractivity contribution >= 4 is 17.5 Å². The highest BCUT2D eigenvalue weighted by atomic mass is 35.5. The molecule has 1 saturated carbocycles. The first-order valence-corrected chi connectivity index (χ1v) is 6.46. The molecule has 0 saturated heterocycles. The van der Waals surface area contributed by atoms with E-state index >= 15 is 0 Å². The minimum absolute atomic E-state index is 0.138. The van der Waals surface area contributed by atoms with Crippen molar-refractivity contribution in [3.05, 3.63) is 23.8 Å². The summed E-state index contributed by atoms with van der Waals surface area (Å²) in [7, 11) is 0. The van der Waals surface area contributed by atoms with Crippen LogP contribution in [0.5, 0.6) is 11.5 Å². The van der Waals surface area contributed by atoms with E-state index in [1.54, 1.807) is 0 Å². The third-order valence-electron chi connectivity index (χ3n) is 3.33. The number of carbonyl (C=O) groups excluding carboxylic acids is 1. The molecule has 5 heteroatoms. The smallest absolute Gasteiger partial charge is 0.251 e. The topological polar surface area (TPSA) is 69.6 Å². The Bertz CT molecular complexity index is 450. The predicted molar refractivity (Wildman–Crippen MR) is 69.1 cm³/mol. The highest BCUT2D eigenvalue weighted by Gasteiger charge is 2.25. The molecule has 0 bridgehead atoms. The van der Waals surface area contributed by atoms with E-state index in [0.717, 1.165) is 19.3 Å². The van der Waals surface area contributed by atoms with Gasteiger partial charge in [0.25, 0.3) is 5.91 Å². The number of halogens is 1. The molecule has 18 heavy (non-hydrogen) atoms. The fraction of sp³-hybridized carbons (Fsp3) is 0.462. The molecule has 0 radical (unpaired) electrons. The van der Waals surface area contributed by atoms with Crippen LogP contribution in [-0.2, 0) is 0 Å². The minimum atomic E-state index is -0.293. The summed E-state index contributed by atoms with van der Waals surface area (Å²) >= 11 is 6.13. The molecule has 1 fully saturated rings. The van der Waals surface area contributed by atoms with Gasteiger partial charge in [-0.25, -0.2) is 0 Å². The lowest BCUT2D eigenvalue weighted by atomic mass is 10.1. The van der Waals surface area contributed by atoms with E-state index in [9.17, 15) is 9.90 Å². The highest BCUT2D eigenvalue weighted by molar-refractivity contribution is 6.21. The zero-order valence-corrected chi connectivity index (χ0v) is 10.7. The van der Waals surface area contributed by atoms with Crippen molar-refractivity contribution in [3.63, 3.8) is 0 Å². The Balaban J connectivity index is 1.93. The Hall–Kier alpha value is -1.42. The normalized spacial score (nSPS) is 22.9. The molecule has 4 nitrogen and oxygen atoms in total. The van der Waals surface area contributed by atoms with E-state index in [1.165, 1.54) is 18.2 Å². The van der Waals surface area contributed by atoms with Crippen molar-refractivity contribution in [2.24, 2.45) is 5.92 Å². The molecule has 0 aliphatic heterocycles. The van der Waals surface area contributed by atoms with Crippen LogP contribution in [0.2, 0.25) is 0 Å². The average Bonchev–Trinajstić information content (AvgIpc) is 2.75. The number of aromatic hydroxyl groups is 2. The third-order valence-corrected chi connectivity index (χ3v) is 3.90. The van der Waals surface area contributed by atoms with Gasteiger partial charge in [-0.1, -0.05) is 6.42 Å². The molecule has 2 rings (SSSR count). The van der Waals surface area contributed by atoms with Crippen LogP contribution in [0.25, 0.3) is 0 Å². The lowest BCUT2D eigenvalue weighted by Gasteiger charge is -2.14. The monoisotopic (exact) mass is 269 g/mol. The number of alkyl halides is 1. The van der Waals surface area contributed by atoms with Crippen LogP contribution in [0.3, 0.4) is 0 Å². The van der Waals surface area contributed by atoms with Crippen molar-refractivity contribution < 1.29 is 15.0 Å². The summed E-state index contributed by atoms with van der Waals surface area (Å²) in [6, 6.07) is 4.01. The molecular formula is C13H16ClNO3. The largest absolute Gasteiger partial charge is 0.504 e. The summed E-state index contributed by atoms with van der Waals surface area (Å²) in [5.41, 5.74) is 0.328.